The fourth-order valence-corrected chi connectivity index (χ4v) is 2.58. The van der Waals surface area contributed by atoms with Crippen LogP contribution in [-0.4, -0.2) is 0 Å². The molecule has 2 nitrogen and oxygen atoms in total. The zero-order valence-corrected chi connectivity index (χ0v) is 9.86. The molecule has 17 heavy (non-hydrogen) atoms. The molecule has 1 unspecified atom stereocenters. The third kappa shape index (κ3) is 1.89. The van der Waals surface area contributed by atoms with E-state index in [4.69, 9.17) is 10.2 Å². The normalized spacial score (nSPS) is 18.1. The Morgan fingerprint density at radius 1 is 1.18 bits per heavy atom. The quantitative estimate of drug-likeness (QED) is 0.789. The van der Waals surface area contributed by atoms with E-state index < -0.39 is 0 Å². The molecule has 0 fully saturated rings. The second-order valence-corrected chi connectivity index (χ2v) is 4.69. The molecule has 0 bridgehead atoms. The fourth-order valence-electron chi connectivity index (χ4n) is 2.58. The van der Waals surface area contributed by atoms with Crippen molar-refractivity contribution < 1.29 is 4.42 Å². The van der Waals surface area contributed by atoms with E-state index in [1.54, 1.807) is 0 Å². The van der Waals surface area contributed by atoms with Gasteiger partial charge in [0, 0.05) is 10.9 Å². The highest BCUT2D eigenvalue weighted by Crippen LogP contribution is 2.32. The standard InChI is InChI=1S/C15H17NO/c16-15(11-6-2-1-3-7-11)13-10-17-14-9-5-4-8-12(13)14/h4-6,8-10,15H,1-3,7,16H2. The molecule has 1 aliphatic carbocycles. The van der Waals surface area contributed by atoms with Gasteiger partial charge in [-0.1, -0.05) is 29.8 Å². The van der Waals surface area contributed by atoms with Gasteiger partial charge in [-0.25, -0.2) is 0 Å². The highest BCUT2D eigenvalue weighted by molar-refractivity contribution is 5.81. The molecular formula is C15H17NO. The molecule has 2 heteroatoms. The minimum absolute atomic E-state index is 0.000972. The number of furan rings is 1. The van der Waals surface area contributed by atoms with Gasteiger partial charge in [-0.2, -0.15) is 0 Å². The van der Waals surface area contributed by atoms with E-state index in [2.05, 4.69) is 12.1 Å². The highest BCUT2D eigenvalue weighted by atomic mass is 16.3. The monoisotopic (exact) mass is 227 g/mol. The first-order valence-electron chi connectivity index (χ1n) is 6.27. The van der Waals surface area contributed by atoms with Gasteiger partial charge >= 0.3 is 0 Å². The van der Waals surface area contributed by atoms with Crippen molar-refractivity contribution in [3.05, 3.63) is 47.7 Å². The van der Waals surface area contributed by atoms with Crippen molar-refractivity contribution in [2.24, 2.45) is 5.73 Å². The minimum Gasteiger partial charge on any atom is -0.464 e. The summed E-state index contributed by atoms with van der Waals surface area (Å²) in [6, 6.07) is 8.08. The Morgan fingerprint density at radius 2 is 2.06 bits per heavy atom. The Kier molecular flexibility index (Phi) is 2.73. The van der Waals surface area contributed by atoms with E-state index in [0.717, 1.165) is 23.0 Å². The van der Waals surface area contributed by atoms with Gasteiger partial charge in [0.05, 0.1) is 12.3 Å². The van der Waals surface area contributed by atoms with Crippen LogP contribution in [0.1, 0.15) is 37.3 Å². The van der Waals surface area contributed by atoms with Crippen LogP contribution in [-0.2, 0) is 0 Å². The number of para-hydroxylation sites is 1. The average molecular weight is 227 g/mol. The molecule has 1 heterocycles. The summed E-state index contributed by atoms with van der Waals surface area (Å²) in [6.07, 6.45) is 8.96. The van der Waals surface area contributed by atoms with Crippen LogP contribution < -0.4 is 5.73 Å². The van der Waals surface area contributed by atoms with E-state index in [-0.39, 0.29) is 6.04 Å². The van der Waals surface area contributed by atoms with E-state index in [0.29, 0.717) is 0 Å². The molecule has 0 amide bonds. The second-order valence-electron chi connectivity index (χ2n) is 4.69. The lowest BCUT2D eigenvalue weighted by molar-refractivity contribution is 0.599. The van der Waals surface area contributed by atoms with Crippen molar-refractivity contribution in [3.63, 3.8) is 0 Å². The van der Waals surface area contributed by atoms with E-state index in [9.17, 15) is 0 Å². The number of hydrogen-bond donors (Lipinski definition) is 1. The summed E-state index contributed by atoms with van der Waals surface area (Å²) in [5, 5.41) is 1.14. The maximum atomic E-state index is 6.35. The largest absolute Gasteiger partial charge is 0.464 e. The van der Waals surface area contributed by atoms with Crippen molar-refractivity contribution in [3.8, 4) is 0 Å². The molecule has 1 atom stereocenters. The lowest BCUT2D eigenvalue weighted by Gasteiger charge is -2.18. The third-order valence-corrected chi connectivity index (χ3v) is 3.57. The molecule has 0 spiro atoms. The van der Waals surface area contributed by atoms with Gasteiger partial charge in [0.1, 0.15) is 5.58 Å². The molecule has 0 saturated heterocycles. The predicted octanol–water partition coefficient (Wildman–Crippen LogP) is 3.93. The van der Waals surface area contributed by atoms with Gasteiger partial charge < -0.3 is 10.2 Å². The zero-order valence-electron chi connectivity index (χ0n) is 9.86. The van der Waals surface area contributed by atoms with Crippen LogP contribution in [0, 0.1) is 0 Å². The first kappa shape index (κ1) is 10.6. The lowest BCUT2D eigenvalue weighted by atomic mass is 9.90. The minimum atomic E-state index is -0.000972. The van der Waals surface area contributed by atoms with Crippen LogP contribution >= 0.6 is 0 Å². The summed E-state index contributed by atoms with van der Waals surface area (Å²) in [5.41, 5.74) is 9.76. The summed E-state index contributed by atoms with van der Waals surface area (Å²) in [7, 11) is 0. The number of fused-ring (bicyclic) bond motifs is 1. The smallest absolute Gasteiger partial charge is 0.134 e. The van der Waals surface area contributed by atoms with E-state index in [1.807, 2.05) is 24.5 Å². The molecule has 2 N–H and O–H groups in total. The summed E-state index contributed by atoms with van der Waals surface area (Å²) in [6.45, 7) is 0. The first-order chi connectivity index (χ1) is 8.36. The predicted molar refractivity (Wildman–Crippen MR) is 69.7 cm³/mol. The van der Waals surface area contributed by atoms with Crippen molar-refractivity contribution in [1.29, 1.82) is 0 Å². The Morgan fingerprint density at radius 3 is 2.88 bits per heavy atom. The van der Waals surface area contributed by atoms with Gasteiger partial charge in [0.25, 0.3) is 0 Å². The molecule has 3 rings (SSSR count). The molecule has 0 saturated carbocycles. The number of allylic oxidation sites excluding steroid dienone is 1. The maximum Gasteiger partial charge on any atom is 0.134 e. The van der Waals surface area contributed by atoms with Crippen LogP contribution in [0.5, 0.6) is 0 Å². The summed E-state index contributed by atoms with van der Waals surface area (Å²) < 4.78 is 5.55. The van der Waals surface area contributed by atoms with Crippen molar-refractivity contribution in [1.82, 2.24) is 0 Å². The van der Waals surface area contributed by atoms with Gasteiger partial charge in [0.15, 0.2) is 0 Å². The van der Waals surface area contributed by atoms with E-state index in [1.165, 1.54) is 24.8 Å². The molecular weight excluding hydrogens is 210 g/mol. The van der Waals surface area contributed by atoms with Gasteiger partial charge in [-0.3, -0.25) is 0 Å². The molecule has 1 aromatic heterocycles. The number of rotatable bonds is 2. The average Bonchev–Trinajstić information content (AvgIpc) is 2.83. The Balaban J connectivity index is 2.00. The Labute approximate surface area is 101 Å². The number of benzene rings is 1. The molecule has 1 aromatic carbocycles. The third-order valence-electron chi connectivity index (χ3n) is 3.57. The first-order valence-corrected chi connectivity index (χ1v) is 6.27. The van der Waals surface area contributed by atoms with Crippen molar-refractivity contribution >= 4 is 11.0 Å². The molecule has 2 aromatic rings. The number of nitrogens with two attached hydrogens (primary N) is 1. The summed E-state index contributed by atoms with van der Waals surface area (Å²) in [4.78, 5) is 0. The van der Waals surface area contributed by atoms with Crippen LogP contribution in [0.3, 0.4) is 0 Å². The topological polar surface area (TPSA) is 39.2 Å². The van der Waals surface area contributed by atoms with Crippen LogP contribution in [0.2, 0.25) is 0 Å². The van der Waals surface area contributed by atoms with Gasteiger partial charge in [0.2, 0.25) is 0 Å². The highest BCUT2D eigenvalue weighted by Gasteiger charge is 2.18. The molecule has 88 valence electrons. The maximum absolute atomic E-state index is 6.35. The molecule has 0 aliphatic heterocycles. The SMILES string of the molecule is NC(C1=CCCCC1)c1coc2ccccc12. The van der Waals surface area contributed by atoms with Crippen LogP contribution in [0.15, 0.2) is 46.6 Å². The fraction of sp³-hybridized carbons (Fsp3) is 0.333. The summed E-state index contributed by atoms with van der Waals surface area (Å²) >= 11 is 0. The van der Waals surface area contributed by atoms with Crippen LogP contribution in [0.4, 0.5) is 0 Å². The van der Waals surface area contributed by atoms with Crippen LogP contribution in [0.25, 0.3) is 11.0 Å². The molecule has 1 aliphatic rings. The lowest BCUT2D eigenvalue weighted by Crippen LogP contribution is -2.14. The second kappa shape index (κ2) is 4.38. The zero-order chi connectivity index (χ0) is 11.7. The Hall–Kier alpha value is -1.54. The van der Waals surface area contributed by atoms with Gasteiger partial charge in [-0.15, -0.1) is 0 Å². The molecule has 0 radical (unpaired) electrons. The Bertz CT molecular complexity index is 553. The number of hydrogen-bond acceptors (Lipinski definition) is 2. The van der Waals surface area contributed by atoms with Gasteiger partial charge in [-0.05, 0) is 31.7 Å². The summed E-state index contributed by atoms with van der Waals surface area (Å²) in [5.74, 6) is 0. The van der Waals surface area contributed by atoms with E-state index >= 15 is 0 Å². The van der Waals surface area contributed by atoms with Crippen molar-refractivity contribution in [2.75, 3.05) is 0 Å². The van der Waals surface area contributed by atoms with Crippen molar-refractivity contribution in [2.45, 2.75) is 31.7 Å².